The van der Waals surface area contributed by atoms with E-state index in [0.717, 1.165) is 16.3 Å². The molecule has 0 aliphatic carbocycles. The Morgan fingerprint density at radius 3 is 2.57 bits per heavy atom. The average molecular weight is 513 g/mol. The maximum Gasteiger partial charge on any atom is 0.191 e. The van der Waals surface area contributed by atoms with Gasteiger partial charge in [0, 0.05) is 18.5 Å². The number of hydrogen-bond acceptors (Lipinski definition) is 3. The Hall–Kier alpha value is -0.740. The standard InChI is InChI=1S/C15H18BrFN4S.HI/c1-9-14(22-10(2)21-9)8-20-15(18-3)19-7-11-4-5-12(16)13(17)6-11;/h4-6H,7-8H2,1-3H3,(H2,18,19,20);1H. The topological polar surface area (TPSA) is 49.3 Å². The van der Waals surface area contributed by atoms with E-state index in [1.807, 2.05) is 19.9 Å². The minimum atomic E-state index is -0.266. The Balaban J connectivity index is 0.00000264. The summed E-state index contributed by atoms with van der Waals surface area (Å²) < 4.78 is 13.9. The number of aryl methyl sites for hydroxylation is 2. The molecule has 23 heavy (non-hydrogen) atoms. The number of thiazole rings is 1. The van der Waals surface area contributed by atoms with Crippen molar-refractivity contribution >= 4 is 57.2 Å². The molecule has 0 fully saturated rings. The summed E-state index contributed by atoms with van der Waals surface area (Å²) in [7, 11) is 1.71. The van der Waals surface area contributed by atoms with Crippen molar-refractivity contribution in [3.63, 3.8) is 0 Å². The number of benzene rings is 1. The molecule has 0 saturated heterocycles. The number of aromatic nitrogens is 1. The third kappa shape index (κ3) is 6.00. The highest BCUT2D eigenvalue weighted by Gasteiger charge is 2.06. The summed E-state index contributed by atoms with van der Waals surface area (Å²) in [6.45, 7) is 5.17. The van der Waals surface area contributed by atoms with E-state index in [4.69, 9.17) is 0 Å². The van der Waals surface area contributed by atoms with Crippen LogP contribution in [0.4, 0.5) is 4.39 Å². The SMILES string of the molecule is CN=C(NCc1ccc(Br)c(F)c1)NCc1sc(C)nc1C.I. The molecular formula is C15H19BrFIN4S. The van der Waals surface area contributed by atoms with E-state index >= 15 is 0 Å². The lowest BCUT2D eigenvalue weighted by Gasteiger charge is -2.11. The molecule has 0 radical (unpaired) electrons. The first-order valence-corrected chi connectivity index (χ1v) is 8.42. The summed E-state index contributed by atoms with van der Waals surface area (Å²) in [5.74, 6) is 0.409. The van der Waals surface area contributed by atoms with E-state index in [9.17, 15) is 4.39 Å². The molecule has 0 atom stereocenters. The zero-order valence-electron chi connectivity index (χ0n) is 13.1. The third-order valence-corrected chi connectivity index (χ3v) is 4.80. The molecule has 0 unspecified atom stereocenters. The van der Waals surface area contributed by atoms with Crippen molar-refractivity contribution in [1.29, 1.82) is 0 Å². The molecule has 0 spiro atoms. The van der Waals surface area contributed by atoms with Gasteiger partial charge in [0.25, 0.3) is 0 Å². The van der Waals surface area contributed by atoms with Gasteiger partial charge in [-0.2, -0.15) is 0 Å². The summed E-state index contributed by atoms with van der Waals surface area (Å²) >= 11 is 4.82. The molecule has 0 amide bonds. The first kappa shape index (κ1) is 20.3. The van der Waals surface area contributed by atoms with E-state index in [1.54, 1.807) is 24.5 Å². The molecule has 0 bridgehead atoms. The van der Waals surface area contributed by atoms with Gasteiger partial charge in [0.1, 0.15) is 5.82 Å². The molecule has 0 saturated carbocycles. The Morgan fingerprint density at radius 2 is 2.00 bits per heavy atom. The van der Waals surface area contributed by atoms with Crippen molar-refractivity contribution in [1.82, 2.24) is 15.6 Å². The molecule has 2 aromatic rings. The minimum Gasteiger partial charge on any atom is -0.352 e. The molecule has 0 aliphatic heterocycles. The number of rotatable bonds is 4. The first-order chi connectivity index (χ1) is 10.5. The number of guanidine groups is 1. The Bertz CT molecular complexity index is 690. The van der Waals surface area contributed by atoms with Gasteiger partial charge in [0.15, 0.2) is 5.96 Å². The van der Waals surface area contributed by atoms with Crippen molar-refractivity contribution in [2.45, 2.75) is 26.9 Å². The Labute approximate surface area is 165 Å². The van der Waals surface area contributed by atoms with Crippen LogP contribution in [0.3, 0.4) is 0 Å². The number of aliphatic imine (C=N–C) groups is 1. The van der Waals surface area contributed by atoms with Crippen LogP contribution in [0.1, 0.15) is 21.1 Å². The predicted octanol–water partition coefficient (Wildman–Crippen LogP) is 4.14. The van der Waals surface area contributed by atoms with E-state index in [2.05, 4.69) is 36.5 Å². The molecule has 2 N–H and O–H groups in total. The van der Waals surface area contributed by atoms with Crippen LogP contribution in [-0.2, 0) is 13.1 Å². The van der Waals surface area contributed by atoms with Crippen LogP contribution < -0.4 is 10.6 Å². The zero-order chi connectivity index (χ0) is 16.1. The van der Waals surface area contributed by atoms with Crippen LogP contribution in [0.5, 0.6) is 0 Å². The molecule has 0 aliphatic rings. The number of nitrogens with one attached hydrogen (secondary N) is 2. The fraction of sp³-hybridized carbons (Fsp3) is 0.333. The quantitative estimate of drug-likeness (QED) is 0.367. The summed E-state index contributed by atoms with van der Waals surface area (Å²) in [6.07, 6.45) is 0. The molecule has 1 aromatic carbocycles. The van der Waals surface area contributed by atoms with Gasteiger partial charge in [0.2, 0.25) is 0 Å². The largest absolute Gasteiger partial charge is 0.352 e. The van der Waals surface area contributed by atoms with Crippen molar-refractivity contribution in [3.8, 4) is 0 Å². The normalized spacial score (nSPS) is 11.1. The lowest BCUT2D eigenvalue weighted by molar-refractivity contribution is 0.617. The summed E-state index contributed by atoms with van der Waals surface area (Å²) in [5, 5.41) is 7.47. The van der Waals surface area contributed by atoms with E-state index in [1.165, 1.54) is 10.9 Å². The highest BCUT2D eigenvalue weighted by Crippen LogP contribution is 2.17. The van der Waals surface area contributed by atoms with Crippen LogP contribution in [0.15, 0.2) is 27.7 Å². The van der Waals surface area contributed by atoms with E-state index < -0.39 is 0 Å². The van der Waals surface area contributed by atoms with Crippen LogP contribution in [0.25, 0.3) is 0 Å². The fourth-order valence-electron chi connectivity index (χ4n) is 1.96. The lowest BCUT2D eigenvalue weighted by Crippen LogP contribution is -2.36. The second kappa shape index (κ2) is 9.53. The summed E-state index contributed by atoms with van der Waals surface area (Å²) in [5.41, 5.74) is 1.90. The van der Waals surface area contributed by atoms with Gasteiger partial charge in [-0.3, -0.25) is 4.99 Å². The maximum atomic E-state index is 13.5. The number of hydrogen-bond donors (Lipinski definition) is 2. The van der Waals surface area contributed by atoms with Crippen molar-refractivity contribution < 1.29 is 4.39 Å². The Kier molecular flexibility index (Phi) is 8.41. The number of nitrogens with zero attached hydrogens (tertiary/aromatic N) is 2. The molecule has 2 rings (SSSR count). The van der Waals surface area contributed by atoms with Crippen LogP contribution in [-0.4, -0.2) is 18.0 Å². The van der Waals surface area contributed by atoms with Gasteiger partial charge in [0.05, 0.1) is 21.7 Å². The summed E-state index contributed by atoms with van der Waals surface area (Å²) in [6, 6.07) is 5.07. The summed E-state index contributed by atoms with van der Waals surface area (Å²) in [4.78, 5) is 9.76. The maximum absolute atomic E-state index is 13.5. The van der Waals surface area contributed by atoms with Crippen molar-refractivity contribution in [2.24, 2.45) is 4.99 Å². The smallest absolute Gasteiger partial charge is 0.191 e. The van der Waals surface area contributed by atoms with E-state index in [0.29, 0.717) is 23.5 Å². The second-order valence-electron chi connectivity index (χ2n) is 4.77. The van der Waals surface area contributed by atoms with Crippen molar-refractivity contribution in [2.75, 3.05) is 7.05 Å². The average Bonchev–Trinajstić information content (AvgIpc) is 2.81. The monoisotopic (exact) mass is 512 g/mol. The lowest BCUT2D eigenvalue weighted by atomic mass is 10.2. The van der Waals surface area contributed by atoms with Crippen molar-refractivity contribution in [3.05, 3.63) is 49.6 Å². The molecule has 1 aromatic heterocycles. The van der Waals surface area contributed by atoms with Gasteiger partial charge in [-0.05, 0) is 47.5 Å². The van der Waals surface area contributed by atoms with Gasteiger partial charge in [-0.25, -0.2) is 9.37 Å². The van der Waals surface area contributed by atoms with Crippen LogP contribution in [0.2, 0.25) is 0 Å². The molecule has 1 heterocycles. The minimum absolute atomic E-state index is 0. The molecule has 8 heteroatoms. The van der Waals surface area contributed by atoms with Crippen LogP contribution in [0, 0.1) is 19.7 Å². The predicted molar refractivity (Wildman–Crippen MR) is 108 cm³/mol. The molecule has 126 valence electrons. The fourth-order valence-corrected chi connectivity index (χ4v) is 3.08. The highest BCUT2D eigenvalue weighted by atomic mass is 127. The first-order valence-electron chi connectivity index (χ1n) is 6.81. The van der Waals surface area contributed by atoms with Gasteiger partial charge in [-0.15, -0.1) is 35.3 Å². The highest BCUT2D eigenvalue weighted by molar-refractivity contribution is 14.0. The van der Waals surface area contributed by atoms with Gasteiger partial charge < -0.3 is 10.6 Å². The van der Waals surface area contributed by atoms with Crippen LogP contribution >= 0.6 is 51.2 Å². The molecular weight excluding hydrogens is 494 g/mol. The molecule has 4 nitrogen and oxygen atoms in total. The number of halogens is 3. The zero-order valence-corrected chi connectivity index (χ0v) is 17.8. The second-order valence-corrected chi connectivity index (χ2v) is 6.91. The van der Waals surface area contributed by atoms with Gasteiger partial charge in [-0.1, -0.05) is 6.07 Å². The van der Waals surface area contributed by atoms with E-state index in [-0.39, 0.29) is 29.8 Å². The third-order valence-electron chi connectivity index (χ3n) is 3.08. The Morgan fingerprint density at radius 1 is 1.30 bits per heavy atom. The van der Waals surface area contributed by atoms with Gasteiger partial charge >= 0.3 is 0 Å².